The summed E-state index contributed by atoms with van der Waals surface area (Å²) in [4.78, 5) is 12.2. The van der Waals surface area contributed by atoms with Gasteiger partial charge in [-0.05, 0) is 18.6 Å². The number of nitrogens with zero attached hydrogens (tertiary/aromatic N) is 2. The Morgan fingerprint density at radius 1 is 1.60 bits per heavy atom. The highest BCUT2D eigenvalue weighted by Crippen LogP contribution is 2.30. The van der Waals surface area contributed by atoms with E-state index < -0.39 is 5.97 Å². The lowest BCUT2D eigenvalue weighted by atomic mass is 10.1. The van der Waals surface area contributed by atoms with Crippen LogP contribution >= 0.6 is 11.3 Å². The number of aromatic nitrogens is 2. The van der Waals surface area contributed by atoms with Gasteiger partial charge in [0.15, 0.2) is 0 Å². The average molecular weight is 222 g/mol. The topological polar surface area (TPSA) is 55.1 Å². The molecule has 0 bridgehead atoms. The summed E-state index contributed by atoms with van der Waals surface area (Å²) in [6.07, 6.45) is 3.61. The van der Waals surface area contributed by atoms with E-state index in [2.05, 4.69) is 5.10 Å². The zero-order chi connectivity index (χ0) is 11.0. The molecule has 0 aliphatic carbocycles. The Morgan fingerprint density at radius 3 is 2.80 bits per heavy atom. The van der Waals surface area contributed by atoms with Crippen LogP contribution in [0.25, 0.3) is 11.1 Å². The molecule has 0 atom stereocenters. The quantitative estimate of drug-likeness (QED) is 0.847. The fourth-order valence-corrected chi connectivity index (χ4v) is 2.32. The summed E-state index contributed by atoms with van der Waals surface area (Å²) in [5.74, 6) is -0.877. The van der Waals surface area contributed by atoms with Gasteiger partial charge < -0.3 is 5.11 Å². The molecule has 0 fully saturated rings. The summed E-state index contributed by atoms with van der Waals surface area (Å²) in [6, 6.07) is 1.69. The van der Waals surface area contributed by atoms with Gasteiger partial charge >= 0.3 is 5.97 Å². The maximum absolute atomic E-state index is 10.8. The number of aryl methyl sites for hydroxylation is 2. The van der Waals surface area contributed by atoms with Crippen molar-refractivity contribution in [2.24, 2.45) is 7.05 Å². The number of carboxylic acids is 1. The van der Waals surface area contributed by atoms with Gasteiger partial charge in [-0.3, -0.25) is 4.68 Å². The van der Waals surface area contributed by atoms with Crippen molar-refractivity contribution in [3.8, 4) is 11.1 Å². The molecule has 0 saturated carbocycles. The SMILES string of the molecule is Cc1sc(C(=O)O)cc1-c1cnn(C)c1. The summed E-state index contributed by atoms with van der Waals surface area (Å²) >= 11 is 1.29. The molecule has 0 aliphatic heterocycles. The van der Waals surface area contributed by atoms with E-state index in [-0.39, 0.29) is 0 Å². The maximum Gasteiger partial charge on any atom is 0.345 e. The van der Waals surface area contributed by atoms with Gasteiger partial charge in [0, 0.05) is 23.7 Å². The van der Waals surface area contributed by atoms with Crippen LogP contribution in [0.4, 0.5) is 0 Å². The van der Waals surface area contributed by atoms with Crippen molar-refractivity contribution in [3.63, 3.8) is 0 Å². The van der Waals surface area contributed by atoms with Crippen LogP contribution < -0.4 is 0 Å². The third kappa shape index (κ3) is 1.78. The van der Waals surface area contributed by atoms with Gasteiger partial charge in [0.1, 0.15) is 4.88 Å². The van der Waals surface area contributed by atoms with Crippen LogP contribution in [-0.4, -0.2) is 20.9 Å². The van der Waals surface area contributed by atoms with Crippen LogP contribution in [-0.2, 0) is 7.05 Å². The first-order chi connectivity index (χ1) is 7.08. The van der Waals surface area contributed by atoms with Crippen molar-refractivity contribution in [3.05, 3.63) is 28.2 Å². The zero-order valence-electron chi connectivity index (χ0n) is 8.39. The lowest BCUT2D eigenvalue weighted by molar-refractivity contribution is 0.0702. The lowest BCUT2D eigenvalue weighted by Crippen LogP contribution is -1.89. The molecule has 0 spiro atoms. The van der Waals surface area contributed by atoms with E-state index in [1.807, 2.05) is 20.2 Å². The van der Waals surface area contributed by atoms with Crippen molar-refractivity contribution in [2.45, 2.75) is 6.92 Å². The summed E-state index contributed by atoms with van der Waals surface area (Å²) in [7, 11) is 1.84. The standard InChI is InChI=1S/C10H10N2O2S/c1-6-8(3-9(15-6)10(13)14)7-4-11-12(2)5-7/h3-5H,1-2H3,(H,13,14). The number of carbonyl (C=O) groups is 1. The van der Waals surface area contributed by atoms with Crippen molar-refractivity contribution < 1.29 is 9.90 Å². The van der Waals surface area contributed by atoms with Crippen LogP contribution in [0.1, 0.15) is 14.5 Å². The highest BCUT2D eigenvalue weighted by atomic mass is 32.1. The van der Waals surface area contributed by atoms with Crippen molar-refractivity contribution >= 4 is 17.3 Å². The van der Waals surface area contributed by atoms with E-state index in [0.717, 1.165) is 16.0 Å². The van der Waals surface area contributed by atoms with E-state index in [1.165, 1.54) is 11.3 Å². The molecule has 2 aromatic heterocycles. The molecule has 2 rings (SSSR count). The summed E-state index contributed by atoms with van der Waals surface area (Å²) in [5.41, 5.74) is 1.91. The Labute approximate surface area is 90.8 Å². The molecule has 78 valence electrons. The Balaban J connectivity index is 2.49. The minimum absolute atomic E-state index is 0.367. The Bertz CT molecular complexity index is 513. The minimum Gasteiger partial charge on any atom is -0.477 e. The molecule has 4 nitrogen and oxygen atoms in total. The molecule has 0 amide bonds. The molecule has 2 aromatic rings. The highest BCUT2D eigenvalue weighted by Gasteiger charge is 2.13. The molecule has 0 unspecified atom stereocenters. The molecule has 0 saturated heterocycles. The van der Waals surface area contributed by atoms with Gasteiger partial charge in [0.05, 0.1) is 6.20 Å². The van der Waals surface area contributed by atoms with Crippen LogP contribution in [0.3, 0.4) is 0 Å². The lowest BCUT2D eigenvalue weighted by Gasteiger charge is -1.92. The molecule has 2 heterocycles. The van der Waals surface area contributed by atoms with Gasteiger partial charge in [-0.15, -0.1) is 11.3 Å². The average Bonchev–Trinajstić information content (AvgIpc) is 2.71. The Kier molecular flexibility index (Phi) is 2.32. The van der Waals surface area contributed by atoms with Crippen LogP contribution in [0.15, 0.2) is 18.5 Å². The van der Waals surface area contributed by atoms with Gasteiger partial charge in [-0.2, -0.15) is 5.10 Å². The second-order valence-corrected chi connectivity index (χ2v) is 4.54. The van der Waals surface area contributed by atoms with Crippen molar-refractivity contribution in [2.75, 3.05) is 0 Å². The molecule has 5 heteroatoms. The second kappa shape index (κ2) is 3.51. The Morgan fingerprint density at radius 2 is 2.33 bits per heavy atom. The van der Waals surface area contributed by atoms with Crippen LogP contribution in [0, 0.1) is 6.92 Å². The molecule has 15 heavy (non-hydrogen) atoms. The van der Waals surface area contributed by atoms with Crippen LogP contribution in [0.5, 0.6) is 0 Å². The van der Waals surface area contributed by atoms with E-state index in [9.17, 15) is 4.79 Å². The van der Waals surface area contributed by atoms with Crippen LogP contribution in [0.2, 0.25) is 0 Å². The second-order valence-electron chi connectivity index (χ2n) is 3.29. The number of hydrogen-bond acceptors (Lipinski definition) is 3. The molecule has 0 aliphatic rings. The maximum atomic E-state index is 10.8. The summed E-state index contributed by atoms with van der Waals surface area (Å²) < 4.78 is 1.70. The smallest absolute Gasteiger partial charge is 0.345 e. The van der Waals surface area contributed by atoms with Gasteiger partial charge in [0.2, 0.25) is 0 Å². The van der Waals surface area contributed by atoms with E-state index in [0.29, 0.717) is 4.88 Å². The molecular formula is C10H10N2O2S. The predicted octanol–water partition coefficient (Wildman–Crippen LogP) is 2.16. The first-order valence-corrected chi connectivity index (χ1v) is 5.22. The largest absolute Gasteiger partial charge is 0.477 e. The van der Waals surface area contributed by atoms with E-state index in [1.54, 1.807) is 16.9 Å². The number of thiophene rings is 1. The normalized spacial score (nSPS) is 10.5. The molecule has 0 radical (unpaired) electrons. The van der Waals surface area contributed by atoms with E-state index in [4.69, 9.17) is 5.11 Å². The molecule has 1 N–H and O–H groups in total. The number of hydrogen-bond donors (Lipinski definition) is 1. The first kappa shape index (κ1) is 9.92. The third-order valence-electron chi connectivity index (χ3n) is 2.14. The summed E-state index contributed by atoms with van der Waals surface area (Å²) in [6.45, 7) is 1.92. The predicted molar refractivity (Wildman–Crippen MR) is 58.2 cm³/mol. The molecular weight excluding hydrogens is 212 g/mol. The van der Waals surface area contributed by atoms with Crippen molar-refractivity contribution in [1.82, 2.24) is 9.78 Å². The van der Waals surface area contributed by atoms with Gasteiger partial charge in [-0.1, -0.05) is 0 Å². The highest BCUT2D eigenvalue weighted by molar-refractivity contribution is 7.14. The number of rotatable bonds is 2. The fourth-order valence-electron chi connectivity index (χ4n) is 1.43. The fraction of sp³-hybridized carbons (Fsp3) is 0.200. The third-order valence-corrected chi connectivity index (χ3v) is 3.18. The number of aromatic carboxylic acids is 1. The minimum atomic E-state index is -0.877. The Hall–Kier alpha value is -1.62. The first-order valence-electron chi connectivity index (χ1n) is 4.40. The van der Waals surface area contributed by atoms with Gasteiger partial charge in [-0.25, -0.2) is 4.79 Å². The number of carboxylic acid groups (broad SMARTS) is 1. The monoisotopic (exact) mass is 222 g/mol. The van der Waals surface area contributed by atoms with Gasteiger partial charge in [0.25, 0.3) is 0 Å². The van der Waals surface area contributed by atoms with E-state index >= 15 is 0 Å². The summed E-state index contributed by atoms with van der Waals surface area (Å²) in [5, 5.41) is 12.9. The molecule has 0 aromatic carbocycles. The van der Waals surface area contributed by atoms with Crippen molar-refractivity contribution in [1.29, 1.82) is 0 Å². The zero-order valence-corrected chi connectivity index (χ0v) is 9.21.